The van der Waals surface area contributed by atoms with Gasteiger partial charge in [-0.05, 0) is 35.4 Å². The van der Waals surface area contributed by atoms with Gasteiger partial charge in [-0.2, -0.15) is 0 Å². The lowest BCUT2D eigenvalue weighted by Crippen LogP contribution is -2.36. The molecule has 0 radical (unpaired) electrons. The third-order valence-electron chi connectivity index (χ3n) is 4.52. The lowest BCUT2D eigenvalue weighted by atomic mass is 10.1. The molecule has 1 aromatic heterocycles. The van der Waals surface area contributed by atoms with E-state index in [1.807, 2.05) is 0 Å². The van der Waals surface area contributed by atoms with Gasteiger partial charge in [-0.25, -0.2) is 4.79 Å². The van der Waals surface area contributed by atoms with Crippen molar-refractivity contribution in [3.8, 4) is 11.5 Å². The van der Waals surface area contributed by atoms with Crippen molar-refractivity contribution in [2.75, 3.05) is 14.2 Å². The van der Waals surface area contributed by atoms with Crippen LogP contribution in [0.1, 0.15) is 17.5 Å². The Bertz CT molecular complexity index is 903. The van der Waals surface area contributed by atoms with Gasteiger partial charge in [0.2, 0.25) is 5.91 Å². The van der Waals surface area contributed by atoms with Crippen LogP contribution in [-0.2, 0) is 22.7 Å². The zero-order valence-electron chi connectivity index (χ0n) is 16.2. The average Bonchev–Trinajstić information content (AvgIpc) is 3.00. The SMILES string of the molecule is COc1ccc(CN2C(=O)N[C@H](CC(=O)NCc3ccncc3)C2=O)cc1OC. The molecule has 2 heterocycles. The van der Waals surface area contributed by atoms with Crippen LogP contribution in [0.15, 0.2) is 42.7 Å². The number of aromatic nitrogens is 1. The van der Waals surface area contributed by atoms with E-state index in [0.29, 0.717) is 23.6 Å². The molecule has 1 aliphatic rings. The topological polar surface area (TPSA) is 110 Å². The summed E-state index contributed by atoms with van der Waals surface area (Å²) in [6, 6.07) is 7.31. The van der Waals surface area contributed by atoms with Crippen LogP contribution in [0.5, 0.6) is 11.5 Å². The summed E-state index contributed by atoms with van der Waals surface area (Å²) in [5, 5.41) is 5.30. The molecule has 1 aromatic carbocycles. The molecule has 3 rings (SSSR count). The van der Waals surface area contributed by atoms with E-state index in [0.717, 1.165) is 10.5 Å². The maximum atomic E-state index is 12.6. The predicted octanol–water partition coefficient (Wildman–Crippen LogP) is 1.23. The van der Waals surface area contributed by atoms with Crippen molar-refractivity contribution in [2.24, 2.45) is 0 Å². The Morgan fingerprint density at radius 3 is 2.52 bits per heavy atom. The second kappa shape index (κ2) is 9.05. The molecule has 152 valence electrons. The summed E-state index contributed by atoms with van der Waals surface area (Å²) in [7, 11) is 3.04. The number of urea groups is 1. The van der Waals surface area contributed by atoms with E-state index in [-0.39, 0.29) is 18.9 Å². The number of methoxy groups -OCH3 is 2. The Balaban J connectivity index is 1.58. The Hall–Kier alpha value is -3.62. The lowest BCUT2D eigenvalue weighted by molar-refractivity contribution is -0.131. The van der Waals surface area contributed by atoms with Crippen molar-refractivity contribution in [2.45, 2.75) is 25.6 Å². The van der Waals surface area contributed by atoms with Crippen molar-refractivity contribution in [1.82, 2.24) is 20.5 Å². The molecule has 0 saturated carbocycles. The third-order valence-corrected chi connectivity index (χ3v) is 4.52. The van der Waals surface area contributed by atoms with Crippen molar-refractivity contribution in [3.05, 3.63) is 53.9 Å². The van der Waals surface area contributed by atoms with Crippen LogP contribution >= 0.6 is 0 Å². The number of nitrogens with zero attached hydrogens (tertiary/aromatic N) is 2. The van der Waals surface area contributed by atoms with Gasteiger partial charge in [0.25, 0.3) is 5.91 Å². The van der Waals surface area contributed by atoms with Gasteiger partial charge < -0.3 is 20.1 Å². The van der Waals surface area contributed by atoms with Gasteiger partial charge in [0, 0.05) is 18.9 Å². The standard InChI is InChI=1S/C20H22N4O5/c1-28-16-4-3-14(9-17(16)29-2)12-24-19(26)15(23-20(24)27)10-18(25)22-11-13-5-7-21-8-6-13/h3-9,15H,10-12H2,1-2H3,(H,22,25)(H,23,27)/t15-/m1/s1. The quantitative estimate of drug-likeness (QED) is 0.647. The van der Waals surface area contributed by atoms with Crippen molar-refractivity contribution < 1.29 is 23.9 Å². The Labute approximate surface area is 168 Å². The molecule has 1 fully saturated rings. The van der Waals surface area contributed by atoms with Crippen LogP contribution in [0.3, 0.4) is 0 Å². The second-order valence-corrected chi connectivity index (χ2v) is 6.45. The molecule has 9 heteroatoms. The van der Waals surface area contributed by atoms with E-state index in [1.54, 1.807) is 42.7 Å². The molecule has 0 aliphatic carbocycles. The molecule has 2 N–H and O–H groups in total. The smallest absolute Gasteiger partial charge is 0.325 e. The van der Waals surface area contributed by atoms with Gasteiger partial charge >= 0.3 is 6.03 Å². The third kappa shape index (κ3) is 4.81. The normalized spacial score (nSPS) is 15.8. The number of carbonyl (C=O) groups excluding carboxylic acids is 3. The van der Waals surface area contributed by atoms with E-state index in [4.69, 9.17) is 9.47 Å². The molecule has 9 nitrogen and oxygen atoms in total. The summed E-state index contributed by atoms with van der Waals surface area (Å²) < 4.78 is 10.4. The van der Waals surface area contributed by atoms with Gasteiger partial charge in [-0.1, -0.05) is 6.07 Å². The highest BCUT2D eigenvalue weighted by atomic mass is 16.5. The van der Waals surface area contributed by atoms with Gasteiger partial charge in [0.05, 0.1) is 27.2 Å². The van der Waals surface area contributed by atoms with Crippen LogP contribution in [0, 0.1) is 0 Å². The molecule has 29 heavy (non-hydrogen) atoms. The first-order chi connectivity index (χ1) is 14.0. The lowest BCUT2D eigenvalue weighted by Gasteiger charge is -2.15. The average molecular weight is 398 g/mol. The summed E-state index contributed by atoms with van der Waals surface area (Å²) in [5.41, 5.74) is 1.60. The highest BCUT2D eigenvalue weighted by molar-refractivity contribution is 6.05. The molecule has 1 saturated heterocycles. The number of benzene rings is 1. The number of imide groups is 1. The molecule has 1 aliphatic heterocycles. The summed E-state index contributed by atoms with van der Waals surface area (Å²) >= 11 is 0. The number of ether oxygens (including phenoxy) is 2. The fraction of sp³-hybridized carbons (Fsp3) is 0.300. The Kier molecular flexibility index (Phi) is 6.28. The number of nitrogens with one attached hydrogen (secondary N) is 2. The van der Waals surface area contributed by atoms with E-state index in [9.17, 15) is 14.4 Å². The molecule has 4 amide bonds. The number of pyridine rings is 1. The molecule has 1 atom stereocenters. The van der Waals surface area contributed by atoms with Crippen LogP contribution in [0.25, 0.3) is 0 Å². The fourth-order valence-electron chi connectivity index (χ4n) is 2.99. The number of hydrogen-bond donors (Lipinski definition) is 2. The zero-order valence-corrected chi connectivity index (χ0v) is 16.2. The minimum Gasteiger partial charge on any atom is -0.493 e. The molecule has 0 bridgehead atoms. The molecular weight excluding hydrogens is 376 g/mol. The maximum Gasteiger partial charge on any atom is 0.325 e. The van der Waals surface area contributed by atoms with Crippen molar-refractivity contribution in [1.29, 1.82) is 0 Å². The van der Waals surface area contributed by atoms with Crippen molar-refractivity contribution >= 4 is 17.8 Å². The second-order valence-electron chi connectivity index (χ2n) is 6.45. The maximum absolute atomic E-state index is 12.6. The van der Waals surface area contributed by atoms with E-state index in [1.165, 1.54) is 14.2 Å². The number of carbonyl (C=O) groups is 3. The highest BCUT2D eigenvalue weighted by Gasteiger charge is 2.39. The van der Waals surface area contributed by atoms with E-state index < -0.39 is 18.0 Å². The van der Waals surface area contributed by atoms with Gasteiger partial charge in [0.1, 0.15) is 6.04 Å². The monoisotopic (exact) mass is 398 g/mol. The minimum atomic E-state index is -0.889. The van der Waals surface area contributed by atoms with Crippen molar-refractivity contribution in [3.63, 3.8) is 0 Å². The zero-order chi connectivity index (χ0) is 20.8. The summed E-state index contributed by atoms with van der Waals surface area (Å²) in [6.07, 6.45) is 3.14. The van der Waals surface area contributed by atoms with Crippen LogP contribution in [0.2, 0.25) is 0 Å². The predicted molar refractivity (Wildman–Crippen MR) is 103 cm³/mol. The fourth-order valence-corrected chi connectivity index (χ4v) is 2.99. The van der Waals surface area contributed by atoms with E-state index in [2.05, 4.69) is 15.6 Å². The van der Waals surface area contributed by atoms with E-state index >= 15 is 0 Å². The van der Waals surface area contributed by atoms with Gasteiger partial charge in [0.15, 0.2) is 11.5 Å². The van der Waals surface area contributed by atoms with Crippen LogP contribution in [-0.4, -0.2) is 48.0 Å². The molecule has 2 aromatic rings. The Morgan fingerprint density at radius 2 is 1.83 bits per heavy atom. The number of hydrogen-bond acceptors (Lipinski definition) is 6. The minimum absolute atomic E-state index is 0.0696. The molecule has 0 unspecified atom stereocenters. The van der Waals surface area contributed by atoms with Gasteiger partial charge in [-0.3, -0.25) is 19.5 Å². The first-order valence-electron chi connectivity index (χ1n) is 9.00. The number of amides is 4. The highest BCUT2D eigenvalue weighted by Crippen LogP contribution is 2.28. The Morgan fingerprint density at radius 1 is 1.10 bits per heavy atom. The molecule has 0 spiro atoms. The largest absolute Gasteiger partial charge is 0.493 e. The first-order valence-corrected chi connectivity index (χ1v) is 9.00. The van der Waals surface area contributed by atoms with Crippen LogP contribution in [0.4, 0.5) is 4.79 Å². The summed E-state index contributed by atoms with van der Waals surface area (Å²) in [5.74, 6) is 0.290. The first kappa shape index (κ1) is 20.1. The van der Waals surface area contributed by atoms with Crippen LogP contribution < -0.4 is 20.1 Å². The van der Waals surface area contributed by atoms with Gasteiger partial charge in [-0.15, -0.1) is 0 Å². The summed E-state index contributed by atoms with van der Waals surface area (Å²) in [4.78, 5) is 42.0. The summed E-state index contributed by atoms with van der Waals surface area (Å²) in [6.45, 7) is 0.395. The molecular formula is C20H22N4O5. The number of rotatable bonds is 8.